The molecule has 8 heteroatoms. The third kappa shape index (κ3) is 16.1. The molecule has 230 valence electrons. The van der Waals surface area contributed by atoms with Gasteiger partial charge in [-0.05, 0) is 18.9 Å². The van der Waals surface area contributed by atoms with Crippen LogP contribution in [-0.4, -0.2) is 25.0 Å². The van der Waals surface area contributed by atoms with Crippen molar-refractivity contribution in [1.82, 2.24) is 10.9 Å². The van der Waals surface area contributed by atoms with E-state index in [4.69, 9.17) is 21.2 Å². The predicted molar refractivity (Wildman–Crippen MR) is 164 cm³/mol. The number of nitrogens with two attached hydrogens (primary N) is 2. The summed E-state index contributed by atoms with van der Waals surface area (Å²) in [5.74, 6) is 10.4. The van der Waals surface area contributed by atoms with E-state index in [-0.39, 0.29) is 11.1 Å². The first-order valence-electron chi connectivity index (χ1n) is 16.0. The molecule has 8 nitrogen and oxygen atoms in total. The lowest BCUT2D eigenvalue weighted by Gasteiger charge is -2.16. The highest BCUT2D eigenvalue weighted by molar-refractivity contribution is 6.03. The fourth-order valence-electron chi connectivity index (χ4n) is 4.85. The molecule has 0 spiro atoms. The quantitative estimate of drug-likeness (QED) is 0.0401. The third-order valence-corrected chi connectivity index (χ3v) is 7.34. The molecule has 40 heavy (non-hydrogen) atoms. The summed E-state index contributed by atoms with van der Waals surface area (Å²) in [6, 6.07) is 3.05. The van der Waals surface area contributed by atoms with Crippen LogP contribution >= 0.6 is 0 Å². The van der Waals surface area contributed by atoms with Crippen molar-refractivity contribution in [3.05, 3.63) is 23.3 Å². The number of amides is 2. The van der Waals surface area contributed by atoms with E-state index in [0.29, 0.717) is 24.7 Å². The van der Waals surface area contributed by atoms with E-state index >= 15 is 0 Å². The molecule has 2 amide bonds. The molecule has 0 aliphatic rings. The van der Waals surface area contributed by atoms with Crippen molar-refractivity contribution in [2.24, 2.45) is 11.7 Å². The highest BCUT2D eigenvalue weighted by atomic mass is 16.5. The second-order valence-electron chi connectivity index (χ2n) is 10.9. The van der Waals surface area contributed by atoms with E-state index in [1.54, 1.807) is 6.07 Å². The molecule has 0 saturated heterocycles. The predicted octanol–water partition coefficient (Wildman–Crippen LogP) is 7.49. The van der Waals surface area contributed by atoms with Gasteiger partial charge in [-0.1, -0.05) is 129 Å². The number of hydrogen-bond acceptors (Lipinski definition) is 6. The Morgan fingerprint density at radius 1 is 0.525 bits per heavy atom. The van der Waals surface area contributed by atoms with Gasteiger partial charge in [0.15, 0.2) is 0 Å². The Bertz CT molecular complexity index is 742. The van der Waals surface area contributed by atoms with Crippen molar-refractivity contribution in [1.29, 1.82) is 0 Å². The summed E-state index contributed by atoms with van der Waals surface area (Å²) in [5, 5.41) is 0. The van der Waals surface area contributed by atoms with E-state index in [2.05, 4.69) is 24.7 Å². The molecule has 0 bridgehead atoms. The van der Waals surface area contributed by atoms with Gasteiger partial charge in [-0.3, -0.25) is 20.4 Å². The van der Waals surface area contributed by atoms with Crippen molar-refractivity contribution in [3.63, 3.8) is 0 Å². The average Bonchev–Trinajstić information content (AvgIpc) is 2.97. The lowest BCUT2D eigenvalue weighted by atomic mass is 10.1. The van der Waals surface area contributed by atoms with Gasteiger partial charge in [-0.15, -0.1) is 0 Å². The van der Waals surface area contributed by atoms with Crippen molar-refractivity contribution < 1.29 is 19.1 Å². The van der Waals surface area contributed by atoms with E-state index in [9.17, 15) is 9.59 Å². The number of rotatable bonds is 26. The van der Waals surface area contributed by atoms with Crippen molar-refractivity contribution in [3.8, 4) is 11.5 Å². The number of nitrogen functional groups attached to an aromatic ring is 2. The highest BCUT2D eigenvalue weighted by Gasteiger charge is 2.21. The van der Waals surface area contributed by atoms with Gasteiger partial charge < -0.3 is 9.47 Å². The number of ether oxygens (including phenoxy) is 2. The zero-order chi connectivity index (χ0) is 29.3. The van der Waals surface area contributed by atoms with Gasteiger partial charge in [0, 0.05) is 6.07 Å². The van der Waals surface area contributed by atoms with Gasteiger partial charge in [0.2, 0.25) is 0 Å². The second kappa shape index (κ2) is 24.5. The molecule has 0 saturated carbocycles. The molecule has 0 radical (unpaired) electrons. The minimum atomic E-state index is -0.537. The second-order valence-corrected chi connectivity index (χ2v) is 10.9. The molecule has 1 aromatic rings. The van der Waals surface area contributed by atoms with Crippen LogP contribution in [0.1, 0.15) is 163 Å². The minimum Gasteiger partial charge on any atom is -0.493 e. The monoisotopic (exact) mass is 562 g/mol. The van der Waals surface area contributed by atoms with Crippen molar-refractivity contribution in [2.45, 2.75) is 142 Å². The molecule has 0 aliphatic carbocycles. The Hall–Kier alpha value is -2.32. The summed E-state index contributed by atoms with van der Waals surface area (Å²) in [6.07, 6.45) is 24.6. The molecule has 1 aromatic carbocycles. The molecule has 0 heterocycles. The number of unbranched alkanes of at least 4 members (excludes halogenated alkanes) is 18. The normalized spacial score (nSPS) is 10.9. The van der Waals surface area contributed by atoms with Crippen LogP contribution in [-0.2, 0) is 0 Å². The molecule has 6 N–H and O–H groups in total. The Morgan fingerprint density at radius 2 is 0.825 bits per heavy atom. The lowest BCUT2D eigenvalue weighted by Crippen LogP contribution is -2.33. The molecule has 0 aliphatic heterocycles. The first-order valence-corrected chi connectivity index (χ1v) is 16.0. The maximum Gasteiger partial charge on any atom is 0.268 e. The number of carbonyl (C=O) groups excluding carboxylic acids is 2. The topological polar surface area (TPSA) is 129 Å². The number of carbonyl (C=O) groups is 2. The van der Waals surface area contributed by atoms with Gasteiger partial charge in [-0.25, -0.2) is 11.7 Å². The molecule has 0 unspecified atom stereocenters. The lowest BCUT2D eigenvalue weighted by molar-refractivity contribution is 0.0948. The fraction of sp³-hybridized carbons (Fsp3) is 0.750. The van der Waals surface area contributed by atoms with E-state index in [0.717, 1.165) is 25.7 Å². The Labute approximate surface area is 243 Å². The Kier molecular flexibility index (Phi) is 21.8. The molecular weight excluding hydrogens is 504 g/mol. The van der Waals surface area contributed by atoms with Crippen LogP contribution in [0.15, 0.2) is 12.1 Å². The number of benzene rings is 1. The fourth-order valence-corrected chi connectivity index (χ4v) is 4.85. The first kappa shape index (κ1) is 35.7. The first-order chi connectivity index (χ1) is 19.6. The van der Waals surface area contributed by atoms with Crippen LogP contribution in [0, 0.1) is 0 Å². The van der Waals surface area contributed by atoms with Crippen molar-refractivity contribution in [2.75, 3.05) is 13.2 Å². The summed E-state index contributed by atoms with van der Waals surface area (Å²) in [5.41, 5.74) is 4.63. The van der Waals surface area contributed by atoms with Crippen LogP contribution in [0.4, 0.5) is 0 Å². The zero-order valence-corrected chi connectivity index (χ0v) is 25.5. The van der Waals surface area contributed by atoms with Gasteiger partial charge in [0.1, 0.15) is 11.5 Å². The van der Waals surface area contributed by atoms with Crippen LogP contribution < -0.4 is 32.0 Å². The SMILES string of the molecule is CCCCCCCCCCCCOc1cc(OCCCCCCCCCCCC)c(C(=O)NN)cc1C(=O)NN. The van der Waals surface area contributed by atoms with Gasteiger partial charge in [0.05, 0.1) is 24.3 Å². The van der Waals surface area contributed by atoms with Crippen molar-refractivity contribution >= 4 is 11.8 Å². The minimum absolute atomic E-state index is 0.180. The van der Waals surface area contributed by atoms with E-state index in [1.165, 1.54) is 109 Å². The van der Waals surface area contributed by atoms with Gasteiger partial charge in [0.25, 0.3) is 11.8 Å². The molecular formula is C32H58N4O4. The summed E-state index contributed by atoms with van der Waals surface area (Å²) in [6.45, 7) is 5.43. The zero-order valence-electron chi connectivity index (χ0n) is 25.5. The maximum absolute atomic E-state index is 12.4. The Morgan fingerprint density at radius 3 is 1.12 bits per heavy atom. The van der Waals surface area contributed by atoms with E-state index < -0.39 is 11.8 Å². The smallest absolute Gasteiger partial charge is 0.268 e. The summed E-state index contributed by atoms with van der Waals surface area (Å²) in [7, 11) is 0. The molecule has 1 rings (SSSR count). The third-order valence-electron chi connectivity index (χ3n) is 7.34. The summed E-state index contributed by atoms with van der Waals surface area (Å²) < 4.78 is 12.0. The highest BCUT2D eigenvalue weighted by Crippen LogP contribution is 2.30. The number of nitrogens with one attached hydrogen (secondary N) is 2. The molecule has 0 fully saturated rings. The maximum atomic E-state index is 12.4. The number of hydrazine groups is 2. The summed E-state index contributed by atoms with van der Waals surface area (Å²) in [4.78, 5) is 24.9. The van der Waals surface area contributed by atoms with Gasteiger partial charge >= 0.3 is 0 Å². The van der Waals surface area contributed by atoms with Crippen LogP contribution in [0.2, 0.25) is 0 Å². The van der Waals surface area contributed by atoms with Crippen LogP contribution in [0.5, 0.6) is 11.5 Å². The van der Waals surface area contributed by atoms with Crippen LogP contribution in [0.3, 0.4) is 0 Å². The summed E-state index contributed by atoms with van der Waals surface area (Å²) >= 11 is 0. The standard InChI is InChI=1S/C32H58N4O4/c1-3-5-7-9-11-13-15-17-19-21-23-39-29-26-30(28(32(38)36-34)25-27(29)31(37)35-33)40-24-22-20-18-16-14-12-10-8-6-4-2/h25-26H,3-24,33-34H2,1-2H3,(H,35,37)(H,36,38). The Balaban J connectivity index is 2.56. The van der Waals surface area contributed by atoms with E-state index in [1.807, 2.05) is 0 Å². The van der Waals surface area contributed by atoms with Gasteiger partial charge in [-0.2, -0.15) is 0 Å². The van der Waals surface area contributed by atoms with Crippen LogP contribution in [0.25, 0.3) is 0 Å². The molecule has 0 aromatic heterocycles. The number of hydrogen-bond donors (Lipinski definition) is 4. The average molecular weight is 563 g/mol. The largest absolute Gasteiger partial charge is 0.493 e. The molecule has 0 atom stereocenters.